The molecule has 1 heterocycles. The molecule has 0 aromatic heterocycles. The van der Waals surface area contributed by atoms with Crippen LogP contribution in [0.25, 0.3) is 0 Å². The average Bonchev–Trinajstić information content (AvgIpc) is 2.46. The summed E-state index contributed by atoms with van der Waals surface area (Å²) in [6.45, 7) is 9.24. The number of rotatable bonds is 2. The first-order valence-electron chi connectivity index (χ1n) is 9.28. The lowest BCUT2D eigenvalue weighted by atomic mass is 9.81. The molecule has 6 nitrogen and oxygen atoms in total. The molecule has 0 bridgehead atoms. The van der Waals surface area contributed by atoms with Gasteiger partial charge in [0.25, 0.3) is 0 Å². The fourth-order valence-electron chi connectivity index (χ4n) is 2.94. The van der Waals surface area contributed by atoms with E-state index in [0.717, 1.165) is 0 Å². The van der Waals surface area contributed by atoms with Crippen LogP contribution >= 0.6 is 0 Å². The van der Waals surface area contributed by atoms with E-state index in [9.17, 15) is 27.2 Å². The Morgan fingerprint density at radius 1 is 1.00 bits per heavy atom. The van der Waals surface area contributed by atoms with Crippen molar-refractivity contribution in [2.24, 2.45) is 0 Å². The highest BCUT2D eigenvalue weighted by atomic mass is 19.4. The summed E-state index contributed by atoms with van der Waals surface area (Å²) in [5.41, 5.74) is -4.73. The zero-order valence-corrected chi connectivity index (χ0v) is 17.7. The summed E-state index contributed by atoms with van der Waals surface area (Å²) in [6, 6.07) is 1.94. The highest BCUT2D eigenvalue weighted by Gasteiger charge is 2.51. The van der Waals surface area contributed by atoms with E-state index in [1.807, 2.05) is 0 Å². The van der Waals surface area contributed by atoms with Crippen molar-refractivity contribution in [3.05, 3.63) is 35.1 Å². The quantitative estimate of drug-likeness (QED) is 0.678. The van der Waals surface area contributed by atoms with Crippen LogP contribution in [0.4, 0.5) is 27.2 Å². The molecule has 1 fully saturated rings. The number of hydrogen-bond donors (Lipinski definition) is 1. The van der Waals surface area contributed by atoms with E-state index in [0.29, 0.717) is 18.2 Å². The van der Waals surface area contributed by atoms with Gasteiger partial charge in [-0.1, -0.05) is 0 Å². The number of nitrogens with one attached hydrogen (secondary N) is 1. The third-order valence-electron chi connectivity index (χ3n) is 4.12. The lowest BCUT2D eigenvalue weighted by Gasteiger charge is -2.50. The van der Waals surface area contributed by atoms with Crippen LogP contribution in [0.1, 0.15) is 52.7 Å². The van der Waals surface area contributed by atoms with Gasteiger partial charge in [0.15, 0.2) is 0 Å². The molecular formula is C20H26F4N2O4. The molecule has 2 amide bonds. The van der Waals surface area contributed by atoms with Crippen molar-refractivity contribution in [1.29, 1.82) is 0 Å². The predicted molar refractivity (Wildman–Crippen MR) is 100 cm³/mol. The van der Waals surface area contributed by atoms with Crippen molar-refractivity contribution in [2.75, 3.05) is 13.1 Å². The Morgan fingerprint density at radius 2 is 1.53 bits per heavy atom. The van der Waals surface area contributed by atoms with E-state index in [-0.39, 0.29) is 18.7 Å². The number of hydrogen-bond acceptors (Lipinski definition) is 4. The fourth-order valence-corrected chi connectivity index (χ4v) is 2.94. The number of amides is 2. The second kappa shape index (κ2) is 7.63. The number of carbonyl (C=O) groups excluding carboxylic acids is 2. The molecular weight excluding hydrogens is 408 g/mol. The van der Waals surface area contributed by atoms with Crippen LogP contribution in [0, 0.1) is 5.82 Å². The molecule has 0 aliphatic carbocycles. The van der Waals surface area contributed by atoms with Gasteiger partial charge in [0.2, 0.25) is 0 Å². The number of benzene rings is 1. The minimum Gasteiger partial charge on any atom is -0.444 e. The van der Waals surface area contributed by atoms with Crippen LogP contribution in [-0.2, 0) is 21.2 Å². The Kier molecular flexibility index (Phi) is 6.04. The zero-order valence-electron chi connectivity index (χ0n) is 17.7. The number of likely N-dealkylation sites (tertiary alicyclic amines) is 1. The van der Waals surface area contributed by atoms with E-state index in [1.165, 1.54) is 4.90 Å². The van der Waals surface area contributed by atoms with Crippen molar-refractivity contribution in [3.63, 3.8) is 0 Å². The molecule has 10 heteroatoms. The average molecular weight is 434 g/mol. The first-order chi connectivity index (χ1) is 13.4. The first kappa shape index (κ1) is 23.8. The summed E-state index contributed by atoms with van der Waals surface area (Å²) in [5.74, 6) is -0.942. The molecule has 2 rings (SSSR count). The molecule has 168 valence electrons. The van der Waals surface area contributed by atoms with Crippen LogP contribution in [0.15, 0.2) is 18.2 Å². The van der Waals surface area contributed by atoms with Gasteiger partial charge in [-0.2, -0.15) is 13.2 Å². The lowest BCUT2D eigenvalue weighted by molar-refractivity contribution is -0.137. The number of halogens is 4. The summed E-state index contributed by atoms with van der Waals surface area (Å²) < 4.78 is 64.5. The van der Waals surface area contributed by atoms with Gasteiger partial charge in [-0.3, -0.25) is 0 Å². The van der Waals surface area contributed by atoms with Gasteiger partial charge in [-0.25, -0.2) is 14.0 Å². The normalized spacial score (nSPS) is 16.5. The molecule has 0 unspecified atom stereocenters. The molecule has 1 saturated heterocycles. The Bertz CT molecular complexity index is 820. The standard InChI is InChI=1S/C20H26F4N2O4/c1-17(2,3)29-15(27)25-19(10-26(11-19)16(28)30-18(4,5)6)13-9-12(20(22,23)24)7-8-14(13)21/h7-9H,10-11H2,1-6H3,(H,25,27). The molecule has 0 radical (unpaired) electrons. The Hall–Kier alpha value is -2.52. The second-order valence-electron chi connectivity index (χ2n) is 9.24. The monoisotopic (exact) mass is 434 g/mol. The maximum absolute atomic E-state index is 14.6. The van der Waals surface area contributed by atoms with E-state index >= 15 is 0 Å². The third kappa shape index (κ3) is 5.76. The molecule has 0 saturated carbocycles. The van der Waals surface area contributed by atoms with Gasteiger partial charge in [0, 0.05) is 5.56 Å². The molecule has 1 aromatic rings. The molecule has 1 aliphatic heterocycles. The van der Waals surface area contributed by atoms with Crippen molar-refractivity contribution in [1.82, 2.24) is 10.2 Å². The van der Waals surface area contributed by atoms with E-state index < -0.39 is 46.5 Å². The molecule has 1 N–H and O–H groups in total. The highest BCUT2D eigenvalue weighted by molar-refractivity contribution is 5.73. The van der Waals surface area contributed by atoms with Crippen LogP contribution in [0.3, 0.4) is 0 Å². The maximum Gasteiger partial charge on any atom is 0.416 e. The Morgan fingerprint density at radius 3 is 2.00 bits per heavy atom. The molecule has 0 spiro atoms. The van der Waals surface area contributed by atoms with Gasteiger partial charge in [0.05, 0.1) is 18.7 Å². The smallest absolute Gasteiger partial charge is 0.416 e. The van der Waals surface area contributed by atoms with Crippen molar-refractivity contribution < 1.29 is 36.6 Å². The second-order valence-corrected chi connectivity index (χ2v) is 9.24. The lowest BCUT2D eigenvalue weighted by Crippen LogP contribution is -2.69. The van der Waals surface area contributed by atoms with Crippen molar-refractivity contribution in [3.8, 4) is 0 Å². The van der Waals surface area contributed by atoms with Gasteiger partial charge >= 0.3 is 18.4 Å². The van der Waals surface area contributed by atoms with Gasteiger partial charge < -0.3 is 19.7 Å². The van der Waals surface area contributed by atoms with Crippen LogP contribution < -0.4 is 5.32 Å². The molecule has 1 aliphatic rings. The van der Waals surface area contributed by atoms with Crippen LogP contribution in [0.5, 0.6) is 0 Å². The highest BCUT2D eigenvalue weighted by Crippen LogP contribution is 2.38. The van der Waals surface area contributed by atoms with E-state index in [1.54, 1.807) is 41.5 Å². The fraction of sp³-hybridized carbons (Fsp3) is 0.600. The van der Waals surface area contributed by atoms with Crippen molar-refractivity contribution in [2.45, 2.75) is 64.5 Å². The number of ether oxygens (including phenoxy) is 2. The summed E-state index contributed by atoms with van der Waals surface area (Å²) in [5, 5.41) is 2.45. The Balaban J connectivity index is 2.37. The third-order valence-corrected chi connectivity index (χ3v) is 4.12. The van der Waals surface area contributed by atoms with Gasteiger partial charge in [0.1, 0.15) is 22.6 Å². The summed E-state index contributed by atoms with van der Waals surface area (Å²) in [7, 11) is 0. The minimum atomic E-state index is -4.70. The SMILES string of the molecule is CC(C)(C)OC(=O)NC1(c2cc(C(F)(F)F)ccc2F)CN(C(=O)OC(C)(C)C)C1. The number of nitrogens with zero attached hydrogens (tertiary/aromatic N) is 1. The van der Waals surface area contributed by atoms with E-state index in [2.05, 4.69) is 5.32 Å². The molecule has 0 atom stereocenters. The number of alkyl carbamates (subject to hydrolysis) is 1. The Labute approximate surface area is 172 Å². The number of carbonyl (C=O) groups is 2. The van der Waals surface area contributed by atoms with E-state index in [4.69, 9.17) is 9.47 Å². The summed E-state index contributed by atoms with van der Waals surface area (Å²) in [6.07, 6.45) is -6.37. The minimum absolute atomic E-state index is 0.278. The van der Waals surface area contributed by atoms with Gasteiger partial charge in [-0.05, 0) is 59.7 Å². The number of alkyl halides is 3. The summed E-state index contributed by atoms with van der Waals surface area (Å²) in [4.78, 5) is 25.8. The maximum atomic E-state index is 14.6. The first-order valence-corrected chi connectivity index (χ1v) is 9.28. The molecule has 30 heavy (non-hydrogen) atoms. The topological polar surface area (TPSA) is 67.9 Å². The van der Waals surface area contributed by atoms with Crippen molar-refractivity contribution >= 4 is 12.2 Å². The summed E-state index contributed by atoms with van der Waals surface area (Å²) >= 11 is 0. The molecule has 1 aromatic carbocycles. The largest absolute Gasteiger partial charge is 0.444 e. The predicted octanol–water partition coefficient (Wildman–Crippen LogP) is 4.82. The zero-order chi connectivity index (χ0) is 23.1. The van der Waals surface area contributed by atoms with Gasteiger partial charge in [-0.15, -0.1) is 0 Å². The van der Waals surface area contributed by atoms with Crippen LogP contribution in [-0.4, -0.2) is 41.4 Å². The van der Waals surface area contributed by atoms with Crippen LogP contribution in [0.2, 0.25) is 0 Å².